The second-order valence-electron chi connectivity index (χ2n) is 7.66. The van der Waals surface area contributed by atoms with Crippen LogP contribution < -0.4 is 15.8 Å². The number of rotatable bonds is 14. The maximum Gasteiger partial charge on any atom is 0.119 e. The van der Waals surface area contributed by atoms with Crippen LogP contribution in [-0.4, -0.2) is 19.2 Å². The van der Waals surface area contributed by atoms with E-state index in [4.69, 9.17) is 10.5 Å². The molecule has 0 amide bonds. The number of hydrogen-bond acceptors (Lipinski definition) is 3. The highest BCUT2D eigenvalue weighted by molar-refractivity contribution is 5.29. The Kier molecular flexibility index (Phi) is 10.7. The summed E-state index contributed by atoms with van der Waals surface area (Å²) in [7, 11) is 0. The summed E-state index contributed by atoms with van der Waals surface area (Å²) >= 11 is 0. The van der Waals surface area contributed by atoms with E-state index in [1.54, 1.807) is 0 Å². The van der Waals surface area contributed by atoms with Crippen LogP contribution in [0.4, 0.5) is 0 Å². The van der Waals surface area contributed by atoms with Gasteiger partial charge in [0.1, 0.15) is 5.75 Å². The molecule has 1 atom stereocenters. The molecule has 0 saturated carbocycles. The van der Waals surface area contributed by atoms with Gasteiger partial charge in [0, 0.05) is 12.6 Å². The van der Waals surface area contributed by atoms with E-state index in [2.05, 4.69) is 61.6 Å². The van der Waals surface area contributed by atoms with Gasteiger partial charge in [-0.1, -0.05) is 69.5 Å². The molecule has 154 valence electrons. The third-order valence-corrected chi connectivity index (χ3v) is 5.08. The SMILES string of the molecule is CCCCCCOc1cccc(C[C@H](N)CCNCc2cccc(CC)c2)c1. The molecule has 3 nitrogen and oxygen atoms in total. The number of benzene rings is 2. The van der Waals surface area contributed by atoms with Crippen molar-refractivity contribution in [3.63, 3.8) is 0 Å². The maximum atomic E-state index is 6.36. The molecule has 3 heteroatoms. The fourth-order valence-electron chi connectivity index (χ4n) is 3.37. The lowest BCUT2D eigenvalue weighted by Gasteiger charge is -2.14. The van der Waals surface area contributed by atoms with E-state index < -0.39 is 0 Å². The molecule has 0 aromatic heterocycles. The molecule has 2 aromatic carbocycles. The van der Waals surface area contributed by atoms with Gasteiger partial charge < -0.3 is 15.8 Å². The topological polar surface area (TPSA) is 47.3 Å². The van der Waals surface area contributed by atoms with Gasteiger partial charge in [0.15, 0.2) is 0 Å². The summed E-state index contributed by atoms with van der Waals surface area (Å²) in [5.41, 5.74) is 10.3. The molecule has 0 radical (unpaired) electrons. The van der Waals surface area contributed by atoms with Gasteiger partial charge in [-0.3, -0.25) is 0 Å². The van der Waals surface area contributed by atoms with Crippen molar-refractivity contribution in [1.82, 2.24) is 5.32 Å². The Hall–Kier alpha value is -1.84. The highest BCUT2D eigenvalue weighted by Crippen LogP contribution is 2.16. The molecular formula is C25H38N2O. The number of hydrogen-bond donors (Lipinski definition) is 2. The summed E-state index contributed by atoms with van der Waals surface area (Å²) in [6.07, 6.45) is 7.86. The smallest absolute Gasteiger partial charge is 0.119 e. The third-order valence-electron chi connectivity index (χ3n) is 5.08. The average Bonchev–Trinajstić information content (AvgIpc) is 2.71. The van der Waals surface area contributed by atoms with Gasteiger partial charge in [0.25, 0.3) is 0 Å². The Morgan fingerprint density at radius 3 is 2.54 bits per heavy atom. The summed E-state index contributed by atoms with van der Waals surface area (Å²) in [4.78, 5) is 0. The first-order chi connectivity index (χ1) is 13.7. The van der Waals surface area contributed by atoms with E-state index in [1.807, 2.05) is 6.07 Å². The maximum absolute atomic E-state index is 6.36. The Bertz CT molecular complexity index is 671. The zero-order valence-corrected chi connectivity index (χ0v) is 17.8. The van der Waals surface area contributed by atoms with Gasteiger partial charge in [-0.05, 0) is 61.1 Å². The molecule has 0 unspecified atom stereocenters. The molecule has 0 aliphatic heterocycles. The lowest BCUT2D eigenvalue weighted by molar-refractivity contribution is 0.304. The fraction of sp³-hybridized carbons (Fsp3) is 0.520. The molecule has 2 aromatic rings. The first-order valence-electron chi connectivity index (χ1n) is 11.0. The van der Waals surface area contributed by atoms with Crippen molar-refractivity contribution in [2.24, 2.45) is 5.73 Å². The summed E-state index contributed by atoms with van der Waals surface area (Å²) in [5.74, 6) is 0.968. The molecule has 0 fully saturated rings. The lowest BCUT2D eigenvalue weighted by atomic mass is 10.0. The van der Waals surface area contributed by atoms with Crippen LogP contribution in [-0.2, 0) is 19.4 Å². The van der Waals surface area contributed by atoms with E-state index in [-0.39, 0.29) is 6.04 Å². The lowest BCUT2D eigenvalue weighted by Crippen LogP contribution is -2.28. The van der Waals surface area contributed by atoms with E-state index in [9.17, 15) is 0 Å². The second-order valence-corrected chi connectivity index (χ2v) is 7.66. The summed E-state index contributed by atoms with van der Waals surface area (Å²) in [6, 6.07) is 17.3. The van der Waals surface area contributed by atoms with Crippen LogP contribution in [0, 0.1) is 0 Å². The molecule has 2 rings (SSSR count). The van der Waals surface area contributed by atoms with E-state index in [0.29, 0.717) is 0 Å². The molecular weight excluding hydrogens is 344 g/mol. The van der Waals surface area contributed by atoms with Crippen molar-refractivity contribution in [3.8, 4) is 5.75 Å². The Morgan fingerprint density at radius 2 is 1.71 bits per heavy atom. The van der Waals surface area contributed by atoms with E-state index >= 15 is 0 Å². The minimum Gasteiger partial charge on any atom is -0.494 e. The van der Waals surface area contributed by atoms with Crippen LogP contribution in [0.2, 0.25) is 0 Å². The largest absolute Gasteiger partial charge is 0.494 e. The predicted molar refractivity (Wildman–Crippen MR) is 120 cm³/mol. The molecule has 0 bridgehead atoms. The number of nitrogens with one attached hydrogen (secondary N) is 1. The zero-order valence-electron chi connectivity index (χ0n) is 17.8. The van der Waals surface area contributed by atoms with Crippen molar-refractivity contribution in [3.05, 3.63) is 65.2 Å². The zero-order chi connectivity index (χ0) is 20.0. The highest BCUT2D eigenvalue weighted by Gasteiger charge is 2.06. The van der Waals surface area contributed by atoms with Crippen LogP contribution in [0.15, 0.2) is 48.5 Å². The summed E-state index contributed by atoms with van der Waals surface area (Å²) < 4.78 is 5.89. The van der Waals surface area contributed by atoms with Crippen molar-refractivity contribution in [2.75, 3.05) is 13.2 Å². The normalized spacial score (nSPS) is 12.1. The monoisotopic (exact) mass is 382 g/mol. The number of nitrogens with two attached hydrogens (primary N) is 1. The van der Waals surface area contributed by atoms with Gasteiger partial charge in [0.2, 0.25) is 0 Å². The van der Waals surface area contributed by atoms with Crippen LogP contribution in [0.5, 0.6) is 5.75 Å². The minimum absolute atomic E-state index is 0.161. The van der Waals surface area contributed by atoms with Gasteiger partial charge in [-0.15, -0.1) is 0 Å². The summed E-state index contributed by atoms with van der Waals surface area (Å²) in [6.45, 7) is 7.07. The summed E-state index contributed by atoms with van der Waals surface area (Å²) in [5, 5.41) is 3.52. The van der Waals surface area contributed by atoms with Gasteiger partial charge in [-0.25, -0.2) is 0 Å². The number of ether oxygens (including phenoxy) is 1. The fourth-order valence-corrected chi connectivity index (χ4v) is 3.37. The second kappa shape index (κ2) is 13.4. The highest BCUT2D eigenvalue weighted by atomic mass is 16.5. The van der Waals surface area contributed by atoms with Crippen molar-refractivity contribution in [1.29, 1.82) is 0 Å². The minimum atomic E-state index is 0.161. The molecule has 0 aliphatic carbocycles. The first-order valence-corrected chi connectivity index (χ1v) is 11.0. The molecule has 0 spiro atoms. The van der Waals surface area contributed by atoms with Crippen LogP contribution in [0.1, 0.15) is 62.6 Å². The van der Waals surface area contributed by atoms with Crippen LogP contribution in [0.3, 0.4) is 0 Å². The van der Waals surface area contributed by atoms with E-state index in [1.165, 1.54) is 36.0 Å². The molecule has 0 saturated heterocycles. The molecule has 3 N–H and O–H groups in total. The molecule has 0 aliphatic rings. The number of aryl methyl sites for hydroxylation is 1. The van der Waals surface area contributed by atoms with Crippen molar-refractivity contribution >= 4 is 0 Å². The Labute approximate surface area is 171 Å². The van der Waals surface area contributed by atoms with Crippen molar-refractivity contribution in [2.45, 2.75) is 71.4 Å². The van der Waals surface area contributed by atoms with Gasteiger partial charge in [-0.2, -0.15) is 0 Å². The number of unbranched alkanes of at least 4 members (excludes halogenated alkanes) is 3. The standard InChI is InChI=1S/C25H38N2O/c1-3-5-6-7-16-28-25-13-9-11-22(19-25)18-24(26)14-15-27-20-23-12-8-10-21(4-2)17-23/h8-13,17,19,24,27H,3-7,14-16,18,20,26H2,1-2H3/t24-/m1/s1. The van der Waals surface area contributed by atoms with Crippen LogP contribution in [0.25, 0.3) is 0 Å². The third kappa shape index (κ3) is 8.90. The first kappa shape index (κ1) is 22.4. The molecule has 28 heavy (non-hydrogen) atoms. The quantitative estimate of drug-likeness (QED) is 0.438. The van der Waals surface area contributed by atoms with Crippen LogP contribution >= 0.6 is 0 Å². The van der Waals surface area contributed by atoms with Crippen molar-refractivity contribution < 1.29 is 4.74 Å². The van der Waals surface area contributed by atoms with E-state index in [0.717, 1.165) is 51.1 Å². The van der Waals surface area contributed by atoms with Gasteiger partial charge >= 0.3 is 0 Å². The van der Waals surface area contributed by atoms with Gasteiger partial charge in [0.05, 0.1) is 6.61 Å². The predicted octanol–water partition coefficient (Wildman–Crippen LogP) is 5.26. The Balaban J connectivity index is 1.66. The average molecular weight is 383 g/mol. The Morgan fingerprint density at radius 1 is 0.929 bits per heavy atom. The molecule has 0 heterocycles.